The number of hydrogen-bond donors (Lipinski definition) is 2. The molecule has 0 radical (unpaired) electrons. The van der Waals surface area contributed by atoms with Gasteiger partial charge in [0.05, 0.1) is 64.9 Å². The van der Waals surface area contributed by atoms with E-state index < -0.39 is 87.1 Å². The SMILES string of the molecule is Cc1nc(F)c2c([n+]1[O-])CCCC2.Cc1nc(F)c2c([n+]1[O-])CCCC2.O=[N+]([O-])c1cc([N+](=O)[O-])c(O)c([N+](=O)[O-])c1.O=[N+]([O-])c1cc([N+](=O)[O-])c(O)c([N+](=O)[O-])c1. The normalized spacial score (nSPS) is 12.3. The molecule has 0 saturated carbocycles. The first-order valence-electron chi connectivity index (χ1n) is 16.2. The van der Waals surface area contributed by atoms with Gasteiger partial charge in [0.25, 0.3) is 22.9 Å². The summed E-state index contributed by atoms with van der Waals surface area (Å²) in [5, 5.41) is 103. The first kappa shape index (κ1) is 44.5. The van der Waals surface area contributed by atoms with Crippen LogP contribution in [0, 0.1) is 96.8 Å². The summed E-state index contributed by atoms with van der Waals surface area (Å²) in [5.41, 5.74) is -3.80. The summed E-state index contributed by atoms with van der Waals surface area (Å²) < 4.78 is 28.0. The van der Waals surface area contributed by atoms with Gasteiger partial charge in [-0.15, -0.1) is 0 Å². The fraction of sp³-hybridized carbons (Fsp3) is 0.333. The molecule has 2 N–H and O–H groups in total. The van der Waals surface area contributed by atoms with Crippen molar-refractivity contribution < 1.29 is 58.0 Å². The molecule has 4 aromatic rings. The Bertz CT molecular complexity index is 2120. The molecule has 0 saturated heterocycles. The van der Waals surface area contributed by atoms with Crippen LogP contribution in [0.1, 0.15) is 59.8 Å². The van der Waals surface area contributed by atoms with E-state index in [1.807, 2.05) is 0 Å². The predicted octanol–water partition coefficient (Wildman–Crippen LogP) is 4.32. The first-order valence-corrected chi connectivity index (χ1v) is 16.2. The number of fused-ring (bicyclic) bond motifs is 2. The molecular formula is C30H28F2N10O16. The van der Waals surface area contributed by atoms with Crippen LogP contribution in [-0.2, 0) is 25.7 Å². The number of benzene rings is 2. The van der Waals surface area contributed by atoms with Gasteiger partial charge in [0, 0.05) is 26.7 Å². The predicted molar refractivity (Wildman–Crippen MR) is 185 cm³/mol. The maximum Gasteiger partial charge on any atom is 0.328 e. The number of aromatic hydroxyl groups is 2. The standard InChI is InChI=1S/2C9H11FN2O.2C6H3N3O7/c2*1-6-11-9(10)7-4-2-3-5-8(7)12(6)13;2*10-6-4(8(13)14)1-3(7(11)12)2-5(6)9(15)16/h2*2-5H2,1H3;2*1-2,10H. The van der Waals surface area contributed by atoms with Gasteiger partial charge in [0.15, 0.2) is 0 Å². The molecule has 0 amide bonds. The van der Waals surface area contributed by atoms with Crippen molar-refractivity contribution in [3.05, 3.63) is 141 Å². The van der Waals surface area contributed by atoms with E-state index in [9.17, 15) is 79.9 Å². The zero-order chi connectivity index (χ0) is 43.8. The van der Waals surface area contributed by atoms with E-state index in [1.165, 1.54) is 13.8 Å². The molecule has 2 aliphatic carbocycles. The number of nitro benzene ring substituents is 6. The van der Waals surface area contributed by atoms with Gasteiger partial charge in [-0.2, -0.15) is 8.78 Å². The van der Waals surface area contributed by atoms with Gasteiger partial charge < -0.3 is 20.6 Å². The smallest absolute Gasteiger partial charge is 0.328 e. The van der Waals surface area contributed by atoms with E-state index >= 15 is 0 Å². The topological polar surface area (TPSA) is 379 Å². The summed E-state index contributed by atoms with van der Waals surface area (Å²) in [6.07, 6.45) is 6.51. The van der Waals surface area contributed by atoms with Crippen molar-refractivity contribution in [1.82, 2.24) is 9.97 Å². The molecule has 308 valence electrons. The van der Waals surface area contributed by atoms with Crippen molar-refractivity contribution in [2.24, 2.45) is 0 Å². The number of hydrogen-bond acceptors (Lipinski definition) is 18. The third-order valence-electron chi connectivity index (χ3n) is 8.29. The Morgan fingerprint density at radius 1 is 0.517 bits per heavy atom. The molecule has 0 aliphatic heterocycles. The third kappa shape index (κ3) is 10.2. The maximum atomic E-state index is 13.2. The van der Waals surface area contributed by atoms with Crippen LogP contribution in [-0.4, -0.2) is 49.7 Å². The van der Waals surface area contributed by atoms with Crippen LogP contribution in [0.3, 0.4) is 0 Å². The molecule has 0 fully saturated rings. The summed E-state index contributed by atoms with van der Waals surface area (Å²) in [4.78, 5) is 62.7. The molecule has 0 bridgehead atoms. The highest BCUT2D eigenvalue weighted by Crippen LogP contribution is 2.40. The lowest BCUT2D eigenvalue weighted by Crippen LogP contribution is -2.40. The van der Waals surface area contributed by atoms with Crippen LogP contribution in [0.25, 0.3) is 0 Å². The number of rotatable bonds is 6. The summed E-state index contributed by atoms with van der Waals surface area (Å²) in [6, 6.07) is 1.79. The lowest BCUT2D eigenvalue weighted by molar-refractivity contribution is -0.626. The van der Waals surface area contributed by atoms with E-state index in [0.29, 0.717) is 72.5 Å². The summed E-state index contributed by atoms with van der Waals surface area (Å²) in [5.74, 6) is -2.92. The Hall–Kier alpha value is -7.94. The second kappa shape index (κ2) is 18.6. The van der Waals surface area contributed by atoms with Gasteiger partial charge in [-0.3, -0.25) is 60.7 Å². The highest BCUT2D eigenvalue weighted by molar-refractivity contribution is 5.65. The molecule has 58 heavy (non-hydrogen) atoms. The second-order valence-corrected chi connectivity index (χ2v) is 12.0. The largest absolute Gasteiger partial charge is 0.711 e. The fourth-order valence-electron chi connectivity index (χ4n) is 5.52. The lowest BCUT2D eigenvalue weighted by Gasteiger charge is -2.17. The summed E-state index contributed by atoms with van der Waals surface area (Å²) >= 11 is 0. The first-order chi connectivity index (χ1) is 27.1. The number of aromatic nitrogens is 4. The molecule has 6 rings (SSSR count). The number of non-ortho nitro benzene ring substituents is 2. The summed E-state index contributed by atoms with van der Waals surface area (Å²) in [7, 11) is 0. The van der Waals surface area contributed by atoms with Crippen molar-refractivity contribution in [1.29, 1.82) is 0 Å². The van der Waals surface area contributed by atoms with E-state index in [4.69, 9.17) is 10.2 Å². The molecule has 28 heteroatoms. The Balaban J connectivity index is 0.000000208. The number of phenolic OH excluding ortho intramolecular Hbond substituents is 2. The van der Waals surface area contributed by atoms with E-state index in [-0.39, 0.29) is 11.6 Å². The van der Waals surface area contributed by atoms with E-state index in [2.05, 4.69) is 9.97 Å². The van der Waals surface area contributed by atoms with Gasteiger partial charge in [0.1, 0.15) is 11.4 Å². The molecular weight excluding hydrogens is 794 g/mol. The van der Waals surface area contributed by atoms with Crippen LogP contribution in [0.15, 0.2) is 24.3 Å². The highest BCUT2D eigenvalue weighted by atomic mass is 19.1. The molecule has 0 spiro atoms. The van der Waals surface area contributed by atoms with Crippen molar-refractivity contribution >= 4 is 34.1 Å². The Morgan fingerprint density at radius 2 is 0.776 bits per heavy atom. The van der Waals surface area contributed by atoms with Gasteiger partial charge >= 0.3 is 46.3 Å². The lowest BCUT2D eigenvalue weighted by atomic mass is 9.97. The van der Waals surface area contributed by atoms with Crippen molar-refractivity contribution in [2.45, 2.75) is 65.2 Å². The minimum atomic E-state index is -1.21. The van der Waals surface area contributed by atoms with Crippen LogP contribution >= 0.6 is 0 Å². The fourth-order valence-corrected chi connectivity index (χ4v) is 5.52. The van der Waals surface area contributed by atoms with Crippen LogP contribution in [0.2, 0.25) is 0 Å². The van der Waals surface area contributed by atoms with Crippen LogP contribution in [0.5, 0.6) is 11.5 Å². The minimum Gasteiger partial charge on any atom is -0.711 e. The number of nitrogens with zero attached hydrogens (tertiary/aromatic N) is 10. The second-order valence-electron chi connectivity index (χ2n) is 12.0. The van der Waals surface area contributed by atoms with Crippen LogP contribution < -0.4 is 9.46 Å². The maximum absolute atomic E-state index is 13.2. The Labute approximate surface area is 320 Å². The van der Waals surface area contributed by atoms with Gasteiger partial charge in [-0.1, -0.05) is 0 Å². The van der Waals surface area contributed by atoms with Crippen molar-refractivity contribution in [3.63, 3.8) is 0 Å². The van der Waals surface area contributed by atoms with Crippen molar-refractivity contribution in [3.8, 4) is 11.5 Å². The number of phenols is 2. The highest BCUT2D eigenvalue weighted by Gasteiger charge is 2.31. The van der Waals surface area contributed by atoms with E-state index in [1.54, 1.807) is 0 Å². The molecule has 2 aromatic carbocycles. The zero-order valence-electron chi connectivity index (χ0n) is 29.8. The molecule has 2 aliphatic rings. The van der Waals surface area contributed by atoms with E-state index in [0.717, 1.165) is 35.1 Å². The zero-order valence-corrected chi connectivity index (χ0v) is 29.8. The number of nitro groups is 6. The minimum absolute atomic E-state index is 0.207. The van der Waals surface area contributed by atoms with Gasteiger partial charge in [-0.05, 0) is 48.5 Å². The molecule has 0 unspecified atom stereocenters. The Morgan fingerprint density at radius 3 is 1.02 bits per heavy atom. The molecule has 2 aromatic heterocycles. The number of aryl methyl sites for hydroxylation is 2. The average molecular weight is 823 g/mol. The van der Waals surface area contributed by atoms with Gasteiger partial charge in [0.2, 0.25) is 0 Å². The summed E-state index contributed by atoms with van der Waals surface area (Å²) in [6.45, 7) is 3.07. The third-order valence-corrected chi connectivity index (χ3v) is 8.29. The molecule has 2 heterocycles. The van der Waals surface area contributed by atoms with Gasteiger partial charge in [-0.25, -0.2) is 9.46 Å². The quantitative estimate of drug-likeness (QED) is 0.0898. The number of halogens is 2. The molecule has 26 nitrogen and oxygen atoms in total. The Kier molecular flexibility index (Phi) is 14.3. The van der Waals surface area contributed by atoms with Crippen LogP contribution in [0.4, 0.5) is 42.9 Å². The van der Waals surface area contributed by atoms with Crippen molar-refractivity contribution in [2.75, 3.05) is 0 Å². The molecule has 0 atom stereocenters. The monoisotopic (exact) mass is 822 g/mol. The average Bonchev–Trinajstić information content (AvgIpc) is 3.16.